The fourth-order valence-electron chi connectivity index (χ4n) is 3.29. The summed E-state index contributed by atoms with van der Waals surface area (Å²) in [5.74, 6) is -0.102. The van der Waals surface area contributed by atoms with E-state index < -0.39 is 10.9 Å². The lowest BCUT2D eigenvalue weighted by Crippen LogP contribution is -2.17. The number of ether oxygens (including phenoxy) is 2. The minimum atomic E-state index is -0.652. The Morgan fingerprint density at radius 1 is 1.07 bits per heavy atom. The molecule has 1 aromatic heterocycles. The number of carbonyl (C=O) groups excluding carboxylic acids is 1. The number of carbonyl (C=O) groups is 1. The molecule has 0 fully saturated rings. The first-order chi connectivity index (χ1) is 13.5. The molecule has 2 aromatic carbocycles. The zero-order chi connectivity index (χ0) is 19.7. The molecule has 28 heavy (non-hydrogen) atoms. The van der Waals surface area contributed by atoms with Gasteiger partial charge in [-0.1, -0.05) is 0 Å². The average Bonchev–Trinajstić information content (AvgIpc) is 3.17. The van der Waals surface area contributed by atoms with Crippen LogP contribution in [0.5, 0.6) is 11.5 Å². The Bertz CT molecular complexity index is 1130. The van der Waals surface area contributed by atoms with Crippen LogP contribution in [0.4, 0.5) is 5.69 Å². The van der Waals surface area contributed by atoms with E-state index in [2.05, 4.69) is 0 Å². The number of hydrogen-bond donors (Lipinski definition) is 0. The zero-order valence-corrected chi connectivity index (χ0v) is 14.7. The van der Waals surface area contributed by atoms with Gasteiger partial charge in [-0.25, -0.2) is 9.59 Å². The van der Waals surface area contributed by atoms with Gasteiger partial charge in [0.05, 0.1) is 4.92 Å². The smallest absolute Gasteiger partial charge is 0.349 e. The number of nitro groups is 1. The van der Waals surface area contributed by atoms with Gasteiger partial charge in [0.1, 0.15) is 17.1 Å². The second-order valence-corrected chi connectivity index (χ2v) is 6.37. The average molecular weight is 381 g/mol. The molecule has 0 spiro atoms. The fourth-order valence-corrected chi connectivity index (χ4v) is 3.29. The van der Waals surface area contributed by atoms with Crippen molar-refractivity contribution in [1.29, 1.82) is 0 Å². The molecule has 0 amide bonds. The number of nitro benzene ring substituents is 1. The number of rotatable bonds is 5. The fraction of sp³-hybridized carbons (Fsp3) is 0.200. The Labute approximate surface area is 158 Å². The lowest BCUT2D eigenvalue weighted by atomic mass is 10.1. The van der Waals surface area contributed by atoms with Crippen molar-refractivity contribution in [2.24, 2.45) is 0 Å². The molecule has 1 heterocycles. The van der Waals surface area contributed by atoms with Crippen LogP contribution in [0.3, 0.4) is 0 Å². The van der Waals surface area contributed by atoms with Gasteiger partial charge >= 0.3 is 11.6 Å². The summed E-state index contributed by atoms with van der Waals surface area (Å²) >= 11 is 0. The minimum absolute atomic E-state index is 0.0703. The van der Waals surface area contributed by atoms with E-state index in [0.717, 1.165) is 35.8 Å². The van der Waals surface area contributed by atoms with Crippen LogP contribution in [0.15, 0.2) is 51.7 Å². The van der Waals surface area contributed by atoms with Gasteiger partial charge in [-0.3, -0.25) is 10.1 Å². The van der Waals surface area contributed by atoms with Gasteiger partial charge < -0.3 is 13.9 Å². The van der Waals surface area contributed by atoms with Crippen molar-refractivity contribution >= 4 is 22.6 Å². The number of esters is 1. The molecule has 3 aromatic rings. The first kappa shape index (κ1) is 17.7. The molecule has 0 unspecified atom stereocenters. The van der Waals surface area contributed by atoms with Gasteiger partial charge in [0, 0.05) is 29.1 Å². The number of hydrogen-bond acceptors (Lipinski definition) is 7. The SMILES string of the molecule is O=C(COc1ccc([N+](=O)[O-])cc1)Oc1ccc2c3c(c(=O)oc2c1)CCC3. The highest BCUT2D eigenvalue weighted by Gasteiger charge is 2.20. The van der Waals surface area contributed by atoms with E-state index in [0.29, 0.717) is 11.3 Å². The highest BCUT2D eigenvalue weighted by atomic mass is 16.6. The lowest BCUT2D eigenvalue weighted by molar-refractivity contribution is -0.384. The maximum Gasteiger partial charge on any atom is 0.349 e. The van der Waals surface area contributed by atoms with Gasteiger partial charge in [0.25, 0.3) is 5.69 Å². The predicted octanol–water partition coefficient (Wildman–Crippen LogP) is 3.17. The molecule has 0 aliphatic heterocycles. The Hall–Kier alpha value is -3.68. The number of benzene rings is 2. The van der Waals surface area contributed by atoms with Crippen molar-refractivity contribution in [1.82, 2.24) is 0 Å². The molecule has 0 N–H and O–H groups in total. The number of aryl methyl sites for hydroxylation is 1. The quantitative estimate of drug-likeness (QED) is 0.219. The van der Waals surface area contributed by atoms with Crippen molar-refractivity contribution in [3.63, 3.8) is 0 Å². The van der Waals surface area contributed by atoms with Crippen LogP contribution >= 0.6 is 0 Å². The summed E-state index contributed by atoms with van der Waals surface area (Å²) in [4.78, 5) is 34.1. The summed E-state index contributed by atoms with van der Waals surface area (Å²) in [7, 11) is 0. The predicted molar refractivity (Wildman–Crippen MR) is 98.7 cm³/mol. The second-order valence-electron chi connectivity index (χ2n) is 6.37. The largest absolute Gasteiger partial charge is 0.482 e. The lowest BCUT2D eigenvalue weighted by Gasteiger charge is -2.08. The zero-order valence-electron chi connectivity index (χ0n) is 14.7. The molecule has 0 atom stereocenters. The molecular formula is C20H15NO7. The molecule has 0 bridgehead atoms. The van der Waals surface area contributed by atoms with E-state index in [1.165, 1.54) is 30.3 Å². The molecule has 1 aliphatic carbocycles. The Balaban J connectivity index is 1.44. The van der Waals surface area contributed by atoms with E-state index in [4.69, 9.17) is 13.9 Å². The maximum atomic E-state index is 12.0. The summed E-state index contributed by atoms with van der Waals surface area (Å²) < 4.78 is 15.9. The third-order valence-electron chi connectivity index (χ3n) is 4.58. The summed E-state index contributed by atoms with van der Waals surface area (Å²) in [6.45, 7) is -0.371. The van der Waals surface area contributed by atoms with E-state index in [-0.39, 0.29) is 23.7 Å². The maximum absolute atomic E-state index is 12.0. The van der Waals surface area contributed by atoms with Gasteiger partial charge in [-0.15, -0.1) is 0 Å². The molecule has 142 valence electrons. The highest BCUT2D eigenvalue weighted by molar-refractivity contribution is 5.84. The van der Waals surface area contributed by atoms with Crippen LogP contribution in [0.25, 0.3) is 11.0 Å². The summed E-state index contributed by atoms with van der Waals surface area (Å²) in [6.07, 6.45) is 2.49. The van der Waals surface area contributed by atoms with Crippen molar-refractivity contribution in [2.45, 2.75) is 19.3 Å². The molecule has 1 aliphatic rings. The van der Waals surface area contributed by atoms with Crippen LogP contribution < -0.4 is 15.1 Å². The number of fused-ring (bicyclic) bond motifs is 3. The molecule has 4 rings (SSSR count). The monoisotopic (exact) mass is 381 g/mol. The third kappa shape index (κ3) is 3.44. The van der Waals surface area contributed by atoms with Gasteiger partial charge in [-0.2, -0.15) is 0 Å². The summed E-state index contributed by atoms with van der Waals surface area (Å²) in [5.41, 5.74) is 1.70. The van der Waals surface area contributed by atoms with Gasteiger partial charge in [0.15, 0.2) is 6.61 Å². The first-order valence-electron chi connectivity index (χ1n) is 8.68. The summed E-state index contributed by atoms with van der Waals surface area (Å²) in [5, 5.41) is 11.5. The first-order valence-corrected chi connectivity index (χ1v) is 8.68. The number of non-ortho nitro benzene ring substituents is 1. The molecule has 8 nitrogen and oxygen atoms in total. The van der Waals surface area contributed by atoms with Gasteiger partial charge in [-0.05, 0) is 49.1 Å². The third-order valence-corrected chi connectivity index (χ3v) is 4.58. The highest BCUT2D eigenvalue weighted by Crippen LogP contribution is 2.29. The van der Waals surface area contributed by atoms with Gasteiger partial charge in [0.2, 0.25) is 0 Å². The second kappa shape index (κ2) is 7.15. The normalized spacial score (nSPS) is 12.6. The van der Waals surface area contributed by atoms with Crippen molar-refractivity contribution < 1.29 is 23.6 Å². The molecule has 0 radical (unpaired) electrons. The van der Waals surface area contributed by atoms with Crippen LogP contribution in [-0.4, -0.2) is 17.5 Å². The molecule has 8 heteroatoms. The Morgan fingerprint density at radius 2 is 1.79 bits per heavy atom. The Kier molecular flexibility index (Phi) is 4.52. The van der Waals surface area contributed by atoms with Crippen molar-refractivity contribution in [3.8, 4) is 11.5 Å². The van der Waals surface area contributed by atoms with Crippen LogP contribution in [-0.2, 0) is 17.6 Å². The number of nitrogens with zero attached hydrogens (tertiary/aromatic N) is 1. The van der Waals surface area contributed by atoms with Crippen molar-refractivity contribution in [2.75, 3.05) is 6.61 Å². The molecular weight excluding hydrogens is 366 g/mol. The standard InChI is InChI=1S/C20H15NO7/c22-19(11-26-13-6-4-12(5-7-13)21(24)25)27-14-8-9-16-15-2-1-3-17(15)20(23)28-18(16)10-14/h4-10H,1-3,11H2. The molecule has 0 saturated carbocycles. The van der Waals surface area contributed by atoms with Crippen LogP contribution in [0.1, 0.15) is 17.5 Å². The minimum Gasteiger partial charge on any atom is -0.482 e. The topological polar surface area (TPSA) is 109 Å². The van der Waals surface area contributed by atoms with E-state index in [1.807, 2.05) is 0 Å². The molecule has 0 saturated heterocycles. The van der Waals surface area contributed by atoms with Crippen LogP contribution in [0, 0.1) is 10.1 Å². The van der Waals surface area contributed by atoms with E-state index in [1.54, 1.807) is 12.1 Å². The van der Waals surface area contributed by atoms with E-state index >= 15 is 0 Å². The van der Waals surface area contributed by atoms with Crippen molar-refractivity contribution in [3.05, 3.63) is 74.1 Å². The van der Waals surface area contributed by atoms with E-state index in [9.17, 15) is 19.7 Å². The summed E-state index contributed by atoms with van der Waals surface area (Å²) in [6, 6.07) is 10.3. The Morgan fingerprint density at radius 3 is 2.54 bits per heavy atom. The van der Waals surface area contributed by atoms with Crippen LogP contribution in [0.2, 0.25) is 0 Å².